The fourth-order valence-electron chi connectivity index (χ4n) is 2.23. The highest BCUT2D eigenvalue weighted by atomic mass is 16.1. The maximum absolute atomic E-state index is 12.5. The number of nitrogens with one attached hydrogen (secondary N) is 2. The van der Waals surface area contributed by atoms with Crippen molar-refractivity contribution in [3.05, 3.63) is 36.0 Å². The molecule has 3 aromatic rings. The summed E-state index contributed by atoms with van der Waals surface area (Å²) in [6, 6.07) is 1.74. The summed E-state index contributed by atoms with van der Waals surface area (Å²) in [7, 11) is 1.84. The third-order valence-electron chi connectivity index (χ3n) is 3.37. The summed E-state index contributed by atoms with van der Waals surface area (Å²) in [6.07, 6.45) is 5.28. The standard InChI is InChI=1S/C12H15N9O/c1-3-9(10-4-5-15-20(10)2)16-12(22)8-6-13-17-11(8)21-7-14-18-19-21/h4-7,9H,3H2,1-2H3,(H,13,17)(H,16,22). The van der Waals surface area contributed by atoms with Gasteiger partial charge in [-0.15, -0.1) is 5.10 Å². The lowest BCUT2D eigenvalue weighted by Crippen LogP contribution is -2.30. The molecular weight excluding hydrogens is 286 g/mol. The van der Waals surface area contributed by atoms with E-state index in [1.165, 1.54) is 17.2 Å². The number of carbonyl (C=O) groups is 1. The van der Waals surface area contributed by atoms with E-state index in [0.717, 1.165) is 12.1 Å². The van der Waals surface area contributed by atoms with E-state index < -0.39 is 0 Å². The van der Waals surface area contributed by atoms with Gasteiger partial charge in [-0.2, -0.15) is 14.9 Å². The van der Waals surface area contributed by atoms with Gasteiger partial charge >= 0.3 is 0 Å². The first-order valence-electron chi connectivity index (χ1n) is 6.76. The number of tetrazole rings is 1. The number of hydrogen-bond acceptors (Lipinski definition) is 6. The third-order valence-corrected chi connectivity index (χ3v) is 3.37. The normalized spacial score (nSPS) is 12.3. The van der Waals surface area contributed by atoms with Crippen molar-refractivity contribution in [1.29, 1.82) is 0 Å². The molecule has 0 aromatic carbocycles. The number of aromatic nitrogens is 8. The Kier molecular flexibility index (Phi) is 3.64. The van der Waals surface area contributed by atoms with Crippen molar-refractivity contribution >= 4 is 5.91 Å². The molecule has 0 bridgehead atoms. The molecule has 0 aliphatic carbocycles. The van der Waals surface area contributed by atoms with E-state index in [1.807, 2.05) is 20.0 Å². The van der Waals surface area contributed by atoms with Crippen LogP contribution in [0.5, 0.6) is 0 Å². The zero-order chi connectivity index (χ0) is 15.5. The molecule has 1 amide bonds. The predicted octanol–water partition coefficient (Wildman–Crippen LogP) is -0.000000000000000666. The SMILES string of the molecule is CCC(NC(=O)c1cn[nH]c1-n1cnnn1)c1ccnn1C. The lowest BCUT2D eigenvalue weighted by atomic mass is 10.1. The fraction of sp³-hybridized carbons (Fsp3) is 0.333. The van der Waals surface area contributed by atoms with Crippen LogP contribution in [0.4, 0.5) is 0 Å². The van der Waals surface area contributed by atoms with Crippen LogP contribution in [0.3, 0.4) is 0 Å². The molecule has 3 heterocycles. The van der Waals surface area contributed by atoms with Crippen LogP contribution in [0.15, 0.2) is 24.8 Å². The van der Waals surface area contributed by atoms with Crippen LogP contribution >= 0.6 is 0 Å². The number of H-pyrrole nitrogens is 1. The van der Waals surface area contributed by atoms with Gasteiger partial charge in [-0.3, -0.25) is 14.6 Å². The Balaban J connectivity index is 1.83. The van der Waals surface area contributed by atoms with Gasteiger partial charge in [0.25, 0.3) is 5.91 Å². The van der Waals surface area contributed by atoms with Gasteiger partial charge in [0.05, 0.1) is 17.9 Å². The highest BCUT2D eigenvalue weighted by Gasteiger charge is 2.21. The average molecular weight is 301 g/mol. The summed E-state index contributed by atoms with van der Waals surface area (Å²) in [5.41, 5.74) is 1.30. The van der Waals surface area contributed by atoms with Gasteiger partial charge < -0.3 is 5.32 Å². The summed E-state index contributed by atoms with van der Waals surface area (Å²) < 4.78 is 3.10. The molecule has 0 aliphatic rings. The van der Waals surface area contributed by atoms with Crippen LogP contribution < -0.4 is 5.32 Å². The second kappa shape index (κ2) is 5.76. The van der Waals surface area contributed by atoms with Crippen molar-refractivity contribution in [1.82, 2.24) is 45.5 Å². The Hall–Kier alpha value is -3.04. The molecule has 2 N–H and O–H groups in total. The lowest BCUT2D eigenvalue weighted by Gasteiger charge is -2.17. The summed E-state index contributed by atoms with van der Waals surface area (Å²) >= 11 is 0. The van der Waals surface area contributed by atoms with Crippen molar-refractivity contribution in [3.63, 3.8) is 0 Å². The van der Waals surface area contributed by atoms with Crippen molar-refractivity contribution < 1.29 is 4.79 Å². The van der Waals surface area contributed by atoms with Gasteiger partial charge in [0.1, 0.15) is 11.9 Å². The topological polar surface area (TPSA) is 119 Å². The molecule has 3 rings (SSSR count). The predicted molar refractivity (Wildman–Crippen MR) is 75.0 cm³/mol. The van der Waals surface area contributed by atoms with E-state index in [9.17, 15) is 4.79 Å². The van der Waals surface area contributed by atoms with E-state index in [0.29, 0.717) is 11.4 Å². The van der Waals surface area contributed by atoms with E-state index in [-0.39, 0.29) is 11.9 Å². The Bertz CT molecular complexity index is 757. The molecule has 1 atom stereocenters. The molecule has 114 valence electrons. The maximum Gasteiger partial charge on any atom is 0.257 e. The van der Waals surface area contributed by atoms with Crippen molar-refractivity contribution in [2.24, 2.45) is 7.05 Å². The van der Waals surface area contributed by atoms with Gasteiger partial charge in [0, 0.05) is 13.2 Å². The quantitative estimate of drug-likeness (QED) is 0.684. The number of nitrogens with zero attached hydrogens (tertiary/aromatic N) is 7. The van der Waals surface area contributed by atoms with Gasteiger partial charge in [0.15, 0.2) is 5.82 Å². The molecule has 1 unspecified atom stereocenters. The summed E-state index contributed by atoms with van der Waals surface area (Å²) in [5, 5.41) is 24.6. The average Bonchev–Trinajstić information content (AvgIpc) is 3.24. The van der Waals surface area contributed by atoms with Gasteiger partial charge in [-0.05, 0) is 22.9 Å². The number of amides is 1. The second-order valence-electron chi connectivity index (χ2n) is 4.70. The first kappa shape index (κ1) is 13.9. The van der Waals surface area contributed by atoms with E-state index in [4.69, 9.17) is 0 Å². The number of aromatic amines is 1. The van der Waals surface area contributed by atoms with Crippen LogP contribution in [-0.4, -0.2) is 46.1 Å². The Labute approximate surface area is 125 Å². The van der Waals surface area contributed by atoms with Crippen LogP contribution in [-0.2, 0) is 7.05 Å². The monoisotopic (exact) mass is 301 g/mol. The number of carbonyl (C=O) groups excluding carboxylic acids is 1. The summed E-state index contributed by atoms with van der Waals surface area (Å²) in [4.78, 5) is 12.5. The van der Waals surface area contributed by atoms with E-state index in [2.05, 4.69) is 36.1 Å². The van der Waals surface area contributed by atoms with Crippen LogP contribution in [0.1, 0.15) is 35.4 Å². The fourth-order valence-corrected chi connectivity index (χ4v) is 2.23. The smallest absolute Gasteiger partial charge is 0.257 e. The second-order valence-corrected chi connectivity index (χ2v) is 4.70. The zero-order valence-corrected chi connectivity index (χ0v) is 12.1. The van der Waals surface area contributed by atoms with Crippen LogP contribution in [0.2, 0.25) is 0 Å². The molecule has 22 heavy (non-hydrogen) atoms. The summed E-state index contributed by atoms with van der Waals surface area (Å²) in [6.45, 7) is 2.00. The molecule has 10 heteroatoms. The molecule has 0 aliphatic heterocycles. The van der Waals surface area contributed by atoms with Crippen LogP contribution in [0.25, 0.3) is 5.82 Å². The highest BCUT2D eigenvalue weighted by molar-refractivity contribution is 5.97. The van der Waals surface area contributed by atoms with Crippen molar-refractivity contribution in [2.75, 3.05) is 0 Å². The minimum Gasteiger partial charge on any atom is -0.344 e. The zero-order valence-electron chi connectivity index (χ0n) is 12.1. The van der Waals surface area contributed by atoms with Gasteiger partial charge in [-0.1, -0.05) is 6.92 Å². The molecule has 0 radical (unpaired) electrons. The molecular formula is C12H15N9O. The molecule has 0 saturated heterocycles. The minimum absolute atomic E-state index is 0.142. The highest BCUT2D eigenvalue weighted by Crippen LogP contribution is 2.17. The molecule has 10 nitrogen and oxygen atoms in total. The Morgan fingerprint density at radius 2 is 2.36 bits per heavy atom. The van der Waals surface area contributed by atoms with E-state index in [1.54, 1.807) is 10.9 Å². The number of rotatable bonds is 5. The van der Waals surface area contributed by atoms with Crippen molar-refractivity contribution in [3.8, 4) is 5.82 Å². The molecule has 0 saturated carbocycles. The summed E-state index contributed by atoms with van der Waals surface area (Å²) in [5.74, 6) is 0.162. The van der Waals surface area contributed by atoms with Crippen molar-refractivity contribution in [2.45, 2.75) is 19.4 Å². The molecule has 0 spiro atoms. The largest absolute Gasteiger partial charge is 0.344 e. The first-order valence-corrected chi connectivity index (χ1v) is 6.76. The third kappa shape index (κ3) is 2.45. The minimum atomic E-state index is -0.257. The Morgan fingerprint density at radius 1 is 1.50 bits per heavy atom. The van der Waals surface area contributed by atoms with Crippen LogP contribution in [0, 0.1) is 0 Å². The van der Waals surface area contributed by atoms with Gasteiger partial charge in [0.2, 0.25) is 0 Å². The number of aryl methyl sites for hydroxylation is 1. The Morgan fingerprint density at radius 3 is 3.00 bits per heavy atom. The molecule has 3 aromatic heterocycles. The van der Waals surface area contributed by atoms with E-state index >= 15 is 0 Å². The van der Waals surface area contributed by atoms with Gasteiger partial charge in [-0.25, -0.2) is 0 Å². The first-order chi connectivity index (χ1) is 10.7. The molecule has 0 fully saturated rings. The maximum atomic E-state index is 12.5. The number of hydrogen-bond donors (Lipinski definition) is 2. The lowest BCUT2D eigenvalue weighted by molar-refractivity contribution is 0.0934.